The number of nitrogens with one attached hydrogen (secondary N) is 1. The molecule has 1 heterocycles. The SMILES string of the molecule is COc1ccc(C(=O)C=Cc2cccnc2Nc2ccc(Cl)cc2)cc1. The van der Waals surface area contributed by atoms with Crippen LogP contribution in [0.25, 0.3) is 6.08 Å². The van der Waals surface area contributed by atoms with Crippen LogP contribution in [0.2, 0.25) is 5.02 Å². The van der Waals surface area contributed by atoms with Gasteiger partial charge in [0.05, 0.1) is 7.11 Å². The molecule has 130 valence electrons. The van der Waals surface area contributed by atoms with E-state index in [1.54, 1.807) is 55.8 Å². The molecule has 0 aliphatic carbocycles. The maximum absolute atomic E-state index is 12.3. The Morgan fingerprint density at radius 3 is 2.50 bits per heavy atom. The van der Waals surface area contributed by atoms with Gasteiger partial charge in [0, 0.05) is 28.0 Å². The molecule has 3 aromatic rings. The third-order valence-corrected chi connectivity index (χ3v) is 3.99. The quantitative estimate of drug-likeness (QED) is 0.471. The van der Waals surface area contributed by atoms with Crippen molar-refractivity contribution < 1.29 is 9.53 Å². The average molecular weight is 365 g/mol. The van der Waals surface area contributed by atoms with E-state index in [-0.39, 0.29) is 5.78 Å². The zero-order valence-electron chi connectivity index (χ0n) is 14.1. The summed E-state index contributed by atoms with van der Waals surface area (Å²) < 4.78 is 5.10. The Balaban J connectivity index is 1.77. The van der Waals surface area contributed by atoms with Crippen molar-refractivity contribution >= 4 is 35.0 Å². The number of ketones is 1. The Hall–Kier alpha value is -3.11. The van der Waals surface area contributed by atoms with Gasteiger partial charge in [-0.15, -0.1) is 0 Å². The molecule has 0 unspecified atom stereocenters. The molecule has 0 atom stereocenters. The highest BCUT2D eigenvalue weighted by atomic mass is 35.5. The standard InChI is InChI=1S/C21H17ClN2O2/c1-26-19-11-4-15(5-12-19)20(25)13-6-16-3-2-14-23-21(16)24-18-9-7-17(22)8-10-18/h2-14H,1H3,(H,23,24). The Bertz CT molecular complexity index is 920. The Kier molecular flexibility index (Phi) is 5.66. The summed E-state index contributed by atoms with van der Waals surface area (Å²) in [4.78, 5) is 16.7. The van der Waals surface area contributed by atoms with Crippen molar-refractivity contribution in [2.75, 3.05) is 12.4 Å². The molecule has 26 heavy (non-hydrogen) atoms. The zero-order valence-corrected chi connectivity index (χ0v) is 14.9. The summed E-state index contributed by atoms with van der Waals surface area (Å²) in [6, 6.07) is 18.1. The van der Waals surface area contributed by atoms with Crippen molar-refractivity contribution in [3.05, 3.63) is 89.1 Å². The van der Waals surface area contributed by atoms with Crippen molar-refractivity contribution in [2.45, 2.75) is 0 Å². The molecule has 2 aromatic carbocycles. The highest BCUT2D eigenvalue weighted by Gasteiger charge is 2.05. The van der Waals surface area contributed by atoms with Gasteiger partial charge in [-0.3, -0.25) is 4.79 Å². The average Bonchev–Trinajstić information content (AvgIpc) is 2.69. The molecule has 0 amide bonds. The molecular formula is C21H17ClN2O2. The number of hydrogen-bond acceptors (Lipinski definition) is 4. The first-order valence-corrected chi connectivity index (χ1v) is 8.37. The molecule has 0 saturated heterocycles. The molecule has 1 N–H and O–H groups in total. The molecule has 0 bridgehead atoms. The number of carbonyl (C=O) groups is 1. The number of halogens is 1. The number of ether oxygens (including phenoxy) is 1. The highest BCUT2D eigenvalue weighted by molar-refractivity contribution is 6.30. The number of anilines is 2. The van der Waals surface area contributed by atoms with Crippen molar-refractivity contribution in [3.63, 3.8) is 0 Å². The van der Waals surface area contributed by atoms with E-state index in [2.05, 4.69) is 10.3 Å². The lowest BCUT2D eigenvalue weighted by Gasteiger charge is -2.08. The van der Waals surface area contributed by atoms with Gasteiger partial charge >= 0.3 is 0 Å². The molecule has 0 spiro atoms. The highest BCUT2D eigenvalue weighted by Crippen LogP contribution is 2.21. The van der Waals surface area contributed by atoms with E-state index >= 15 is 0 Å². The third-order valence-electron chi connectivity index (χ3n) is 3.73. The molecule has 1 aromatic heterocycles. The van der Waals surface area contributed by atoms with E-state index in [9.17, 15) is 4.79 Å². The van der Waals surface area contributed by atoms with Gasteiger partial charge in [-0.25, -0.2) is 4.98 Å². The van der Waals surface area contributed by atoms with Crippen LogP contribution in [0.4, 0.5) is 11.5 Å². The van der Waals surface area contributed by atoms with Crippen LogP contribution in [-0.4, -0.2) is 17.9 Å². The molecule has 0 fully saturated rings. The van der Waals surface area contributed by atoms with Crippen LogP contribution < -0.4 is 10.1 Å². The fraction of sp³-hybridized carbons (Fsp3) is 0.0476. The van der Waals surface area contributed by atoms with Gasteiger partial charge in [0.2, 0.25) is 0 Å². The van der Waals surface area contributed by atoms with Crippen molar-refractivity contribution in [3.8, 4) is 5.75 Å². The number of hydrogen-bond donors (Lipinski definition) is 1. The minimum atomic E-state index is -0.0889. The smallest absolute Gasteiger partial charge is 0.185 e. The second-order valence-corrected chi connectivity index (χ2v) is 5.94. The van der Waals surface area contributed by atoms with Crippen LogP contribution in [0.1, 0.15) is 15.9 Å². The van der Waals surface area contributed by atoms with Gasteiger partial charge in [-0.2, -0.15) is 0 Å². The summed E-state index contributed by atoms with van der Waals surface area (Å²) in [7, 11) is 1.59. The van der Waals surface area contributed by atoms with Crippen LogP contribution in [0, 0.1) is 0 Å². The van der Waals surface area contributed by atoms with E-state index in [0.29, 0.717) is 22.2 Å². The molecule has 3 rings (SSSR count). The monoisotopic (exact) mass is 364 g/mol. The number of rotatable bonds is 6. The molecule has 0 aliphatic rings. The number of aromatic nitrogens is 1. The summed E-state index contributed by atoms with van der Waals surface area (Å²) >= 11 is 5.91. The topological polar surface area (TPSA) is 51.2 Å². The Labute approximate surface area is 157 Å². The summed E-state index contributed by atoms with van der Waals surface area (Å²) in [6.07, 6.45) is 4.98. The summed E-state index contributed by atoms with van der Waals surface area (Å²) in [5.41, 5.74) is 2.27. The first-order chi connectivity index (χ1) is 12.7. The van der Waals surface area contributed by atoms with Crippen molar-refractivity contribution in [1.29, 1.82) is 0 Å². The van der Waals surface area contributed by atoms with Crippen molar-refractivity contribution in [2.24, 2.45) is 0 Å². The molecular weight excluding hydrogens is 348 g/mol. The summed E-state index contributed by atoms with van der Waals surface area (Å²) in [5, 5.41) is 3.90. The molecule has 4 nitrogen and oxygen atoms in total. The number of carbonyl (C=O) groups excluding carboxylic acids is 1. The van der Waals surface area contributed by atoms with Crippen LogP contribution in [0.15, 0.2) is 72.9 Å². The normalized spacial score (nSPS) is 10.7. The van der Waals surface area contributed by atoms with E-state index in [0.717, 1.165) is 11.3 Å². The maximum atomic E-state index is 12.3. The molecule has 5 heteroatoms. The van der Waals surface area contributed by atoms with Gasteiger partial charge in [0.25, 0.3) is 0 Å². The predicted octanol–water partition coefficient (Wildman–Crippen LogP) is 5.38. The third kappa shape index (κ3) is 4.49. The first kappa shape index (κ1) is 17.7. The summed E-state index contributed by atoms with van der Waals surface area (Å²) in [6.45, 7) is 0. The second-order valence-electron chi connectivity index (χ2n) is 5.50. The lowest BCUT2D eigenvalue weighted by molar-refractivity contribution is 0.104. The molecule has 0 aliphatic heterocycles. The number of methoxy groups -OCH3 is 1. The number of benzene rings is 2. The number of allylic oxidation sites excluding steroid dienone is 1. The minimum Gasteiger partial charge on any atom is -0.497 e. The maximum Gasteiger partial charge on any atom is 0.185 e. The fourth-order valence-electron chi connectivity index (χ4n) is 2.34. The van der Waals surface area contributed by atoms with Gasteiger partial charge in [0.15, 0.2) is 5.78 Å². The lowest BCUT2D eigenvalue weighted by Crippen LogP contribution is -1.97. The van der Waals surface area contributed by atoms with Crippen LogP contribution in [0.3, 0.4) is 0 Å². The van der Waals surface area contributed by atoms with E-state index < -0.39 is 0 Å². The lowest BCUT2D eigenvalue weighted by atomic mass is 10.1. The van der Waals surface area contributed by atoms with E-state index in [1.165, 1.54) is 6.08 Å². The van der Waals surface area contributed by atoms with Gasteiger partial charge in [0.1, 0.15) is 11.6 Å². The van der Waals surface area contributed by atoms with E-state index in [1.807, 2.05) is 24.3 Å². The van der Waals surface area contributed by atoms with Crippen LogP contribution in [0.5, 0.6) is 5.75 Å². The first-order valence-electron chi connectivity index (χ1n) is 8.00. The van der Waals surface area contributed by atoms with Crippen molar-refractivity contribution in [1.82, 2.24) is 4.98 Å². The van der Waals surface area contributed by atoms with Crippen LogP contribution in [-0.2, 0) is 0 Å². The predicted molar refractivity (Wildman–Crippen MR) is 105 cm³/mol. The van der Waals surface area contributed by atoms with Gasteiger partial charge in [-0.05, 0) is 72.8 Å². The Morgan fingerprint density at radius 2 is 1.81 bits per heavy atom. The van der Waals surface area contributed by atoms with Gasteiger partial charge in [-0.1, -0.05) is 11.6 Å². The van der Waals surface area contributed by atoms with Gasteiger partial charge < -0.3 is 10.1 Å². The molecule has 0 radical (unpaired) electrons. The van der Waals surface area contributed by atoms with Crippen LogP contribution >= 0.6 is 11.6 Å². The fourth-order valence-corrected chi connectivity index (χ4v) is 2.47. The second kappa shape index (κ2) is 8.32. The number of nitrogens with zero attached hydrogens (tertiary/aromatic N) is 1. The molecule has 0 saturated carbocycles. The largest absolute Gasteiger partial charge is 0.497 e. The minimum absolute atomic E-state index is 0.0889. The number of pyridine rings is 1. The van der Waals surface area contributed by atoms with E-state index in [4.69, 9.17) is 16.3 Å². The summed E-state index contributed by atoms with van der Waals surface area (Å²) in [5.74, 6) is 1.29. The Morgan fingerprint density at radius 1 is 1.08 bits per heavy atom. The zero-order chi connectivity index (χ0) is 18.4.